The Morgan fingerprint density at radius 1 is 1.03 bits per heavy atom. The molecule has 2 aromatic carbocycles. The predicted octanol–water partition coefficient (Wildman–Crippen LogP) is 3.87. The van der Waals surface area contributed by atoms with Crippen LogP contribution in [0.25, 0.3) is 0 Å². The minimum Gasteiger partial charge on any atom is -0.484 e. The van der Waals surface area contributed by atoms with E-state index in [0.29, 0.717) is 24.8 Å². The molecule has 0 aliphatic carbocycles. The second-order valence-corrected chi connectivity index (χ2v) is 7.88. The van der Waals surface area contributed by atoms with E-state index in [0.717, 1.165) is 16.7 Å². The molecule has 5 nitrogen and oxygen atoms in total. The van der Waals surface area contributed by atoms with E-state index < -0.39 is 6.04 Å². The van der Waals surface area contributed by atoms with Gasteiger partial charge in [-0.05, 0) is 43.9 Å². The number of rotatable bonds is 9. The molecule has 0 fully saturated rings. The van der Waals surface area contributed by atoms with Crippen molar-refractivity contribution in [2.45, 2.75) is 47.2 Å². The van der Waals surface area contributed by atoms with Gasteiger partial charge in [-0.3, -0.25) is 9.59 Å². The van der Waals surface area contributed by atoms with Crippen molar-refractivity contribution in [2.75, 3.05) is 13.2 Å². The Morgan fingerprint density at radius 3 is 2.41 bits per heavy atom. The molecule has 0 aliphatic rings. The first-order valence-corrected chi connectivity index (χ1v) is 10.1. The molecular formula is C24H32N2O3. The highest BCUT2D eigenvalue weighted by Gasteiger charge is 2.26. The highest BCUT2D eigenvalue weighted by molar-refractivity contribution is 5.88. The number of nitrogens with zero attached hydrogens (tertiary/aromatic N) is 1. The van der Waals surface area contributed by atoms with Gasteiger partial charge in [0.15, 0.2) is 6.61 Å². The molecule has 5 heteroatoms. The highest BCUT2D eigenvalue weighted by Crippen LogP contribution is 2.17. The number of carbonyl (C=O) groups excluding carboxylic acids is 2. The SMILES string of the molecule is Cc1cccc(CN(C(=O)COc2ccccc2C)[C@H](C)C(=O)NCC(C)C)c1. The second-order valence-electron chi connectivity index (χ2n) is 7.88. The minimum absolute atomic E-state index is 0.113. The van der Waals surface area contributed by atoms with Crippen molar-refractivity contribution in [1.82, 2.24) is 10.2 Å². The third kappa shape index (κ3) is 6.93. The average Bonchev–Trinajstić information content (AvgIpc) is 2.69. The molecule has 0 bridgehead atoms. The Balaban J connectivity index is 2.14. The Kier molecular flexibility index (Phi) is 8.25. The van der Waals surface area contributed by atoms with Crippen molar-refractivity contribution in [3.63, 3.8) is 0 Å². The lowest BCUT2D eigenvalue weighted by atomic mass is 10.1. The van der Waals surface area contributed by atoms with Crippen LogP contribution in [0.3, 0.4) is 0 Å². The molecule has 156 valence electrons. The van der Waals surface area contributed by atoms with Gasteiger partial charge < -0.3 is 15.0 Å². The van der Waals surface area contributed by atoms with Crippen molar-refractivity contribution in [3.8, 4) is 5.75 Å². The minimum atomic E-state index is -0.595. The van der Waals surface area contributed by atoms with Crippen molar-refractivity contribution in [3.05, 3.63) is 65.2 Å². The summed E-state index contributed by atoms with van der Waals surface area (Å²) in [5.74, 6) is 0.641. The number of amides is 2. The zero-order valence-electron chi connectivity index (χ0n) is 18.1. The van der Waals surface area contributed by atoms with Gasteiger partial charge >= 0.3 is 0 Å². The molecule has 0 heterocycles. The number of benzene rings is 2. The third-order valence-electron chi connectivity index (χ3n) is 4.73. The van der Waals surface area contributed by atoms with Gasteiger partial charge in [-0.25, -0.2) is 0 Å². The highest BCUT2D eigenvalue weighted by atomic mass is 16.5. The standard InChI is InChI=1S/C24H32N2O3/c1-17(2)14-25-24(28)20(5)26(15-21-11-8-9-18(3)13-21)23(27)16-29-22-12-7-6-10-19(22)4/h6-13,17,20H,14-16H2,1-5H3,(H,25,28)/t20-/m1/s1. The van der Waals surface area contributed by atoms with Crippen LogP contribution in [0.2, 0.25) is 0 Å². The number of ether oxygens (including phenoxy) is 1. The van der Waals surface area contributed by atoms with Gasteiger partial charge in [0.25, 0.3) is 5.91 Å². The topological polar surface area (TPSA) is 58.6 Å². The van der Waals surface area contributed by atoms with Gasteiger partial charge in [-0.15, -0.1) is 0 Å². The Hall–Kier alpha value is -2.82. The van der Waals surface area contributed by atoms with Crippen molar-refractivity contribution >= 4 is 11.8 Å². The van der Waals surface area contributed by atoms with Crippen LogP contribution in [-0.2, 0) is 16.1 Å². The number of carbonyl (C=O) groups is 2. The number of nitrogens with one attached hydrogen (secondary N) is 1. The van der Waals surface area contributed by atoms with E-state index >= 15 is 0 Å². The summed E-state index contributed by atoms with van der Waals surface area (Å²) in [4.78, 5) is 27.2. The summed E-state index contributed by atoms with van der Waals surface area (Å²) in [7, 11) is 0. The van der Waals surface area contributed by atoms with Crippen LogP contribution in [0, 0.1) is 19.8 Å². The summed E-state index contributed by atoms with van der Waals surface area (Å²) in [5, 5.41) is 2.92. The first-order valence-electron chi connectivity index (χ1n) is 10.1. The maximum Gasteiger partial charge on any atom is 0.261 e. The fourth-order valence-electron chi connectivity index (χ4n) is 2.98. The molecule has 1 N–H and O–H groups in total. The van der Waals surface area contributed by atoms with Gasteiger partial charge in [0, 0.05) is 13.1 Å². The summed E-state index contributed by atoms with van der Waals surface area (Å²) in [6.07, 6.45) is 0. The summed E-state index contributed by atoms with van der Waals surface area (Å²) in [6, 6.07) is 14.9. The maximum atomic E-state index is 13.0. The lowest BCUT2D eigenvalue weighted by Crippen LogP contribution is -2.49. The largest absolute Gasteiger partial charge is 0.484 e. The molecule has 0 spiro atoms. The fourth-order valence-corrected chi connectivity index (χ4v) is 2.98. The van der Waals surface area contributed by atoms with Crippen LogP contribution in [-0.4, -0.2) is 35.9 Å². The quantitative estimate of drug-likeness (QED) is 0.700. The zero-order valence-corrected chi connectivity index (χ0v) is 18.1. The molecule has 1 atom stereocenters. The number of aryl methyl sites for hydroxylation is 2. The van der Waals surface area contributed by atoms with E-state index in [2.05, 4.69) is 5.32 Å². The Labute approximate surface area is 174 Å². The van der Waals surface area contributed by atoms with Crippen molar-refractivity contribution in [2.24, 2.45) is 5.92 Å². The van der Waals surface area contributed by atoms with E-state index in [-0.39, 0.29) is 18.4 Å². The van der Waals surface area contributed by atoms with Gasteiger partial charge in [0.1, 0.15) is 11.8 Å². The first-order chi connectivity index (χ1) is 13.8. The summed E-state index contributed by atoms with van der Waals surface area (Å²) in [5.41, 5.74) is 3.06. The van der Waals surface area contributed by atoms with Crippen LogP contribution in [0.1, 0.15) is 37.5 Å². The molecule has 0 aromatic heterocycles. The maximum absolute atomic E-state index is 13.0. The molecule has 0 saturated carbocycles. The molecular weight excluding hydrogens is 364 g/mol. The lowest BCUT2D eigenvalue weighted by Gasteiger charge is -2.29. The van der Waals surface area contributed by atoms with E-state index in [1.165, 1.54) is 0 Å². The number of hydrogen-bond donors (Lipinski definition) is 1. The number of hydrogen-bond acceptors (Lipinski definition) is 3. The van der Waals surface area contributed by atoms with Crippen LogP contribution in [0.4, 0.5) is 0 Å². The molecule has 2 rings (SSSR count). The molecule has 0 unspecified atom stereocenters. The average molecular weight is 397 g/mol. The molecule has 0 saturated heterocycles. The van der Waals surface area contributed by atoms with Gasteiger partial charge in [-0.1, -0.05) is 61.9 Å². The zero-order chi connectivity index (χ0) is 21.4. The number of para-hydroxylation sites is 1. The molecule has 0 radical (unpaired) electrons. The van der Waals surface area contributed by atoms with Crippen molar-refractivity contribution in [1.29, 1.82) is 0 Å². The van der Waals surface area contributed by atoms with E-state index in [4.69, 9.17) is 4.74 Å². The van der Waals surface area contributed by atoms with E-state index in [9.17, 15) is 9.59 Å². The fraction of sp³-hybridized carbons (Fsp3) is 0.417. The van der Waals surface area contributed by atoms with Crippen LogP contribution in [0.15, 0.2) is 48.5 Å². The molecule has 2 aromatic rings. The first kappa shape index (κ1) is 22.5. The summed E-state index contributed by atoms with van der Waals surface area (Å²) >= 11 is 0. The Morgan fingerprint density at radius 2 is 1.76 bits per heavy atom. The Bertz CT molecular complexity index is 832. The normalized spacial score (nSPS) is 11.8. The lowest BCUT2D eigenvalue weighted by molar-refractivity contribution is -0.142. The molecule has 0 aliphatic heterocycles. The molecule has 29 heavy (non-hydrogen) atoms. The van der Waals surface area contributed by atoms with Gasteiger partial charge in [0.2, 0.25) is 5.91 Å². The second kappa shape index (κ2) is 10.6. The van der Waals surface area contributed by atoms with Crippen LogP contribution >= 0.6 is 0 Å². The third-order valence-corrected chi connectivity index (χ3v) is 4.73. The van der Waals surface area contributed by atoms with Gasteiger partial charge in [0.05, 0.1) is 0 Å². The summed E-state index contributed by atoms with van der Waals surface area (Å²) < 4.78 is 5.75. The van der Waals surface area contributed by atoms with Crippen LogP contribution in [0.5, 0.6) is 5.75 Å². The van der Waals surface area contributed by atoms with Crippen LogP contribution < -0.4 is 10.1 Å². The predicted molar refractivity (Wildman–Crippen MR) is 116 cm³/mol. The van der Waals surface area contributed by atoms with Crippen molar-refractivity contribution < 1.29 is 14.3 Å². The van der Waals surface area contributed by atoms with E-state index in [1.54, 1.807) is 11.8 Å². The van der Waals surface area contributed by atoms with Gasteiger partial charge in [-0.2, -0.15) is 0 Å². The smallest absolute Gasteiger partial charge is 0.261 e. The molecule has 2 amide bonds. The monoisotopic (exact) mass is 396 g/mol. The summed E-state index contributed by atoms with van der Waals surface area (Å²) in [6.45, 7) is 10.6. The van der Waals surface area contributed by atoms with E-state index in [1.807, 2.05) is 76.2 Å².